The van der Waals surface area contributed by atoms with Gasteiger partial charge in [-0.2, -0.15) is 0 Å². The number of amides is 1. The molecule has 1 N–H and O–H groups in total. The zero-order valence-electron chi connectivity index (χ0n) is 16.4. The van der Waals surface area contributed by atoms with E-state index in [-0.39, 0.29) is 11.7 Å². The highest BCUT2D eigenvalue weighted by Crippen LogP contribution is 2.24. The number of aryl methyl sites for hydroxylation is 1. The van der Waals surface area contributed by atoms with Crippen LogP contribution < -0.4 is 5.32 Å². The van der Waals surface area contributed by atoms with Crippen LogP contribution in [0.5, 0.6) is 0 Å². The summed E-state index contributed by atoms with van der Waals surface area (Å²) >= 11 is 0. The zero-order chi connectivity index (χ0) is 20.9. The lowest BCUT2D eigenvalue weighted by Crippen LogP contribution is -2.25. The van der Waals surface area contributed by atoms with E-state index >= 15 is 0 Å². The number of hydrogen-bond acceptors (Lipinski definition) is 4. The molecule has 0 spiro atoms. The van der Waals surface area contributed by atoms with E-state index in [1.807, 2.05) is 31.2 Å². The summed E-state index contributed by atoms with van der Waals surface area (Å²) in [5.41, 5.74) is 3.81. The molecule has 1 heterocycles. The van der Waals surface area contributed by atoms with Crippen molar-refractivity contribution < 1.29 is 13.6 Å². The normalized spacial score (nSPS) is 10.7. The van der Waals surface area contributed by atoms with Crippen LogP contribution >= 0.6 is 0 Å². The maximum atomic E-state index is 13.6. The number of hydrogen-bond donors (Lipinski definition) is 1. The number of carbonyl (C=O) groups excluding carboxylic acids is 1. The van der Waals surface area contributed by atoms with Gasteiger partial charge in [-0.15, -0.1) is 10.2 Å². The molecule has 0 saturated heterocycles. The van der Waals surface area contributed by atoms with Gasteiger partial charge in [-0.3, -0.25) is 4.79 Å². The Balaban J connectivity index is 1.38. The van der Waals surface area contributed by atoms with Gasteiger partial charge >= 0.3 is 0 Å². The number of nitrogens with zero attached hydrogens (tertiary/aromatic N) is 2. The van der Waals surface area contributed by atoms with Crippen molar-refractivity contribution in [1.82, 2.24) is 15.5 Å². The minimum atomic E-state index is -0.263. The summed E-state index contributed by atoms with van der Waals surface area (Å²) < 4.78 is 19.4. The second-order valence-corrected chi connectivity index (χ2v) is 6.95. The van der Waals surface area contributed by atoms with Crippen molar-refractivity contribution in [3.63, 3.8) is 0 Å². The number of nitrogens with one attached hydrogen (secondary N) is 1. The summed E-state index contributed by atoms with van der Waals surface area (Å²) in [5, 5.41) is 11.0. The van der Waals surface area contributed by atoms with Crippen LogP contribution in [0.4, 0.5) is 4.39 Å². The van der Waals surface area contributed by atoms with E-state index in [4.69, 9.17) is 4.42 Å². The van der Waals surface area contributed by atoms with Crippen molar-refractivity contribution in [3.8, 4) is 22.9 Å². The first-order valence-electron chi connectivity index (χ1n) is 9.63. The van der Waals surface area contributed by atoms with Crippen molar-refractivity contribution in [2.24, 2.45) is 0 Å². The minimum Gasteiger partial charge on any atom is -0.416 e. The van der Waals surface area contributed by atoms with E-state index in [9.17, 15) is 9.18 Å². The van der Waals surface area contributed by atoms with Crippen molar-refractivity contribution in [1.29, 1.82) is 0 Å². The number of aromatic nitrogens is 2. The van der Waals surface area contributed by atoms with E-state index < -0.39 is 0 Å². The van der Waals surface area contributed by atoms with Crippen LogP contribution in [0.15, 0.2) is 77.2 Å². The quantitative estimate of drug-likeness (QED) is 0.503. The first-order chi connectivity index (χ1) is 14.6. The number of carbonyl (C=O) groups is 1. The van der Waals surface area contributed by atoms with E-state index in [0.717, 1.165) is 16.7 Å². The van der Waals surface area contributed by atoms with Gasteiger partial charge in [-0.1, -0.05) is 35.9 Å². The smallest absolute Gasteiger partial charge is 0.251 e. The van der Waals surface area contributed by atoms with Gasteiger partial charge in [0.05, 0.1) is 0 Å². The molecule has 4 rings (SSSR count). The summed E-state index contributed by atoms with van der Waals surface area (Å²) in [6.07, 6.45) is 0.431. The van der Waals surface area contributed by atoms with Gasteiger partial charge < -0.3 is 9.73 Å². The summed E-state index contributed by atoms with van der Waals surface area (Å²) in [7, 11) is 0. The summed E-state index contributed by atoms with van der Waals surface area (Å²) in [6, 6.07) is 21.3. The molecule has 0 aliphatic heterocycles. The van der Waals surface area contributed by atoms with Gasteiger partial charge in [0.2, 0.25) is 11.8 Å². The SMILES string of the molecule is Cc1ccc(-c2nnc(-c3ccc(C(=O)NCCc4ccccc4F)cc3)o2)cc1. The topological polar surface area (TPSA) is 68.0 Å². The van der Waals surface area contributed by atoms with Crippen LogP contribution in [0.1, 0.15) is 21.5 Å². The molecule has 1 amide bonds. The summed E-state index contributed by atoms with van der Waals surface area (Å²) in [4.78, 5) is 12.3. The molecule has 5 nitrogen and oxygen atoms in total. The molecule has 0 aliphatic carbocycles. The molecule has 0 aliphatic rings. The molecule has 0 unspecified atom stereocenters. The lowest BCUT2D eigenvalue weighted by atomic mass is 10.1. The average Bonchev–Trinajstić information content (AvgIpc) is 3.26. The maximum Gasteiger partial charge on any atom is 0.251 e. The Hall–Kier alpha value is -3.80. The molecule has 150 valence electrons. The summed E-state index contributed by atoms with van der Waals surface area (Å²) in [5.74, 6) is 0.349. The Morgan fingerprint density at radius 1 is 0.900 bits per heavy atom. The van der Waals surface area contributed by atoms with Crippen molar-refractivity contribution in [3.05, 3.63) is 95.3 Å². The summed E-state index contributed by atoms with van der Waals surface area (Å²) in [6.45, 7) is 2.37. The van der Waals surface area contributed by atoms with E-state index in [2.05, 4.69) is 15.5 Å². The van der Waals surface area contributed by atoms with Gasteiger partial charge in [-0.25, -0.2) is 4.39 Å². The molecule has 0 atom stereocenters. The fourth-order valence-corrected chi connectivity index (χ4v) is 3.03. The molecule has 4 aromatic rings. The lowest BCUT2D eigenvalue weighted by Gasteiger charge is -2.06. The fraction of sp³-hybridized carbons (Fsp3) is 0.125. The molecule has 30 heavy (non-hydrogen) atoms. The lowest BCUT2D eigenvalue weighted by molar-refractivity contribution is 0.0954. The monoisotopic (exact) mass is 401 g/mol. The maximum absolute atomic E-state index is 13.6. The van der Waals surface area contributed by atoms with Crippen LogP contribution in [-0.2, 0) is 6.42 Å². The number of halogens is 1. The molecule has 6 heteroatoms. The van der Waals surface area contributed by atoms with Crippen molar-refractivity contribution in [2.45, 2.75) is 13.3 Å². The molecule has 0 saturated carbocycles. The Bertz CT molecular complexity index is 1150. The Morgan fingerprint density at radius 2 is 1.50 bits per heavy atom. The van der Waals surface area contributed by atoms with Gasteiger partial charge in [0.15, 0.2) is 0 Å². The van der Waals surface area contributed by atoms with Crippen molar-refractivity contribution in [2.75, 3.05) is 6.54 Å². The van der Waals surface area contributed by atoms with E-state index in [1.165, 1.54) is 6.07 Å². The second-order valence-electron chi connectivity index (χ2n) is 6.95. The van der Waals surface area contributed by atoms with Crippen LogP contribution in [0.3, 0.4) is 0 Å². The molecule has 0 bridgehead atoms. The zero-order valence-corrected chi connectivity index (χ0v) is 16.4. The second kappa shape index (κ2) is 8.69. The standard InChI is InChI=1S/C24H20FN3O2/c1-16-6-8-19(9-7-16)23-27-28-24(30-23)20-12-10-18(11-13-20)22(29)26-15-14-17-4-2-3-5-21(17)25/h2-13H,14-15H2,1H3,(H,26,29). The predicted molar refractivity (Wildman–Crippen MR) is 112 cm³/mol. The first kappa shape index (κ1) is 19.5. The highest BCUT2D eigenvalue weighted by atomic mass is 19.1. The Morgan fingerprint density at radius 3 is 2.13 bits per heavy atom. The number of rotatable bonds is 6. The highest BCUT2D eigenvalue weighted by Gasteiger charge is 2.12. The van der Waals surface area contributed by atoms with Gasteiger partial charge in [-0.05, 0) is 61.4 Å². The Labute approximate surface area is 173 Å². The van der Waals surface area contributed by atoms with E-state index in [0.29, 0.717) is 35.9 Å². The largest absolute Gasteiger partial charge is 0.416 e. The third-order valence-corrected chi connectivity index (χ3v) is 4.76. The first-order valence-corrected chi connectivity index (χ1v) is 9.63. The van der Waals surface area contributed by atoms with Gasteiger partial charge in [0.25, 0.3) is 5.91 Å². The third-order valence-electron chi connectivity index (χ3n) is 4.76. The molecule has 0 radical (unpaired) electrons. The minimum absolute atomic E-state index is 0.219. The molecule has 3 aromatic carbocycles. The molecule has 1 aromatic heterocycles. The van der Waals surface area contributed by atoms with E-state index in [1.54, 1.807) is 42.5 Å². The molecule has 0 fully saturated rings. The van der Waals surface area contributed by atoms with Gasteiger partial charge in [0, 0.05) is 23.2 Å². The van der Waals surface area contributed by atoms with Crippen LogP contribution in [-0.4, -0.2) is 22.6 Å². The van der Waals surface area contributed by atoms with Crippen molar-refractivity contribution >= 4 is 5.91 Å². The van der Waals surface area contributed by atoms with Crippen LogP contribution in [0.25, 0.3) is 22.9 Å². The highest BCUT2D eigenvalue weighted by molar-refractivity contribution is 5.94. The van der Waals surface area contributed by atoms with Crippen LogP contribution in [0.2, 0.25) is 0 Å². The van der Waals surface area contributed by atoms with Crippen LogP contribution in [0, 0.1) is 12.7 Å². The Kier molecular flexibility index (Phi) is 5.66. The third kappa shape index (κ3) is 4.43. The predicted octanol–water partition coefficient (Wildman–Crippen LogP) is 4.82. The van der Waals surface area contributed by atoms with Gasteiger partial charge in [0.1, 0.15) is 5.82 Å². The molecular formula is C24H20FN3O2. The number of benzene rings is 3. The fourth-order valence-electron chi connectivity index (χ4n) is 3.03. The average molecular weight is 401 g/mol. The molecular weight excluding hydrogens is 381 g/mol.